The van der Waals surface area contributed by atoms with Gasteiger partial charge < -0.3 is 19.9 Å². The summed E-state index contributed by atoms with van der Waals surface area (Å²) in [7, 11) is 1.57. The normalized spacial score (nSPS) is 13.0. The predicted molar refractivity (Wildman–Crippen MR) is 96.0 cm³/mol. The second kappa shape index (κ2) is 9.04. The lowest BCUT2D eigenvalue weighted by molar-refractivity contribution is 0.0923. The number of benzene rings is 1. The van der Waals surface area contributed by atoms with Crippen LogP contribution in [0.2, 0.25) is 0 Å². The standard InChI is InChI=1S/C19H31NO4/c1-13(2)9-17(22)16-8-7-15(23-6)10-18(16)24-12-14(21)11-20-19(3,4)5/h7-8,10,13-14,20-21H,9,11-12H2,1-6H3. The van der Waals surface area contributed by atoms with Gasteiger partial charge in [-0.15, -0.1) is 0 Å². The Kier molecular flexibility index (Phi) is 7.70. The molecule has 0 aliphatic heterocycles. The third-order valence-corrected chi connectivity index (χ3v) is 3.38. The van der Waals surface area contributed by atoms with Crippen molar-refractivity contribution in [2.24, 2.45) is 5.92 Å². The molecule has 5 nitrogen and oxygen atoms in total. The molecule has 1 atom stereocenters. The quantitative estimate of drug-likeness (QED) is 0.678. The van der Waals surface area contributed by atoms with Crippen LogP contribution in [0.1, 0.15) is 51.4 Å². The highest BCUT2D eigenvalue weighted by molar-refractivity contribution is 5.99. The van der Waals surface area contributed by atoms with Gasteiger partial charge >= 0.3 is 0 Å². The van der Waals surface area contributed by atoms with E-state index in [2.05, 4.69) is 5.32 Å². The first-order chi connectivity index (χ1) is 11.1. The van der Waals surface area contributed by atoms with Crippen LogP contribution in [0.25, 0.3) is 0 Å². The van der Waals surface area contributed by atoms with Crippen LogP contribution in [-0.2, 0) is 0 Å². The fourth-order valence-electron chi connectivity index (χ4n) is 2.13. The first-order valence-electron chi connectivity index (χ1n) is 8.39. The van der Waals surface area contributed by atoms with Gasteiger partial charge in [-0.05, 0) is 38.8 Å². The molecule has 0 fully saturated rings. The number of β-amino-alcohol motifs (C(OH)–C–C–N with tert-alkyl or cyclic N) is 1. The third kappa shape index (κ3) is 7.32. The average molecular weight is 337 g/mol. The number of Topliss-reactive ketones (excluding diaryl/α,β-unsaturated/α-hetero) is 1. The molecule has 136 valence electrons. The van der Waals surface area contributed by atoms with Crippen LogP contribution in [0.5, 0.6) is 11.5 Å². The second-order valence-electron chi connectivity index (χ2n) is 7.48. The Morgan fingerprint density at radius 3 is 2.50 bits per heavy atom. The molecule has 0 bridgehead atoms. The van der Waals surface area contributed by atoms with E-state index in [1.54, 1.807) is 25.3 Å². The minimum Gasteiger partial charge on any atom is -0.497 e. The van der Waals surface area contributed by atoms with Gasteiger partial charge in [0.25, 0.3) is 0 Å². The lowest BCUT2D eigenvalue weighted by Gasteiger charge is -2.23. The van der Waals surface area contributed by atoms with Gasteiger partial charge in [0, 0.05) is 24.6 Å². The molecule has 0 aliphatic rings. The van der Waals surface area contributed by atoms with Crippen molar-refractivity contribution < 1.29 is 19.4 Å². The Morgan fingerprint density at radius 1 is 1.29 bits per heavy atom. The Labute approximate surface area is 145 Å². The van der Waals surface area contributed by atoms with Crippen LogP contribution in [0, 0.1) is 5.92 Å². The maximum absolute atomic E-state index is 12.4. The number of carbonyl (C=O) groups is 1. The molecule has 5 heteroatoms. The summed E-state index contributed by atoms with van der Waals surface area (Å²) in [5.41, 5.74) is 0.454. The molecule has 2 N–H and O–H groups in total. The number of nitrogens with one attached hydrogen (secondary N) is 1. The van der Waals surface area contributed by atoms with Crippen molar-refractivity contribution in [3.8, 4) is 11.5 Å². The molecule has 1 aromatic carbocycles. The minimum absolute atomic E-state index is 0.0324. The van der Waals surface area contributed by atoms with E-state index in [0.717, 1.165) is 0 Å². The first-order valence-corrected chi connectivity index (χ1v) is 8.39. The van der Waals surface area contributed by atoms with Crippen LogP contribution in [0.3, 0.4) is 0 Å². The summed E-state index contributed by atoms with van der Waals surface area (Å²) in [5.74, 6) is 1.38. The van der Waals surface area contributed by atoms with Gasteiger partial charge in [0.15, 0.2) is 5.78 Å². The number of ether oxygens (including phenoxy) is 2. The molecule has 0 aliphatic carbocycles. The van der Waals surface area contributed by atoms with Crippen LogP contribution >= 0.6 is 0 Å². The van der Waals surface area contributed by atoms with Crippen LogP contribution in [0.4, 0.5) is 0 Å². The second-order valence-corrected chi connectivity index (χ2v) is 7.48. The highest BCUT2D eigenvalue weighted by Crippen LogP contribution is 2.27. The molecule has 0 spiro atoms. The van der Waals surface area contributed by atoms with E-state index in [1.807, 2.05) is 34.6 Å². The van der Waals surface area contributed by atoms with Crippen molar-refractivity contribution in [1.82, 2.24) is 5.32 Å². The Hall–Kier alpha value is -1.59. The van der Waals surface area contributed by atoms with Crippen LogP contribution in [0.15, 0.2) is 18.2 Å². The molecule has 0 amide bonds. The zero-order valence-corrected chi connectivity index (χ0v) is 15.7. The number of hydrogen-bond acceptors (Lipinski definition) is 5. The topological polar surface area (TPSA) is 67.8 Å². The van der Waals surface area contributed by atoms with Crippen molar-refractivity contribution in [2.75, 3.05) is 20.3 Å². The van der Waals surface area contributed by atoms with Crippen molar-refractivity contribution in [3.63, 3.8) is 0 Å². The van der Waals surface area contributed by atoms with Crippen LogP contribution < -0.4 is 14.8 Å². The van der Waals surface area contributed by atoms with Gasteiger partial charge in [0.1, 0.15) is 24.2 Å². The van der Waals surface area contributed by atoms with Crippen molar-refractivity contribution in [2.45, 2.75) is 52.7 Å². The Balaban J connectivity index is 2.78. The third-order valence-electron chi connectivity index (χ3n) is 3.38. The van der Waals surface area contributed by atoms with Gasteiger partial charge in [-0.3, -0.25) is 4.79 Å². The summed E-state index contributed by atoms with van der Waals surface area (Å²) in [4.78, 5) is 12.4. The van der Waals surface area contributed by atoms with E-state index < -0.39 is 6.10 Å². The molecule has 0 heterocycles. The van der Waals surface area contributed by atoms with E-state index in [1.165, 1.54) is 0 Å². The molecule has 1 rings (SSSR count). The number of aliphatic hydroxyl groups is 1. The average Bonchev–Trinajstić information content (AvgIpc) is 2.49. The summed E-state index contributed by atoms with van der Waals surface area (Å²) in [5, 5.41) is 13.3. The van der Waals surface area contributed by atoms with Gasteiger partial charge in [0.05, 0.1) is 12.7 Å². The SMILES string of the molecule is COc1ccc(C(=O)CC(C)C)c(OCC(O)CNC(C)(C)C)c1. The molecular weight excluding hydrogens is 306 g/mol. The maximum Gasteiger partial charge on any atom is 0.166 e. The molecule has 0 saturated heterocycles. The monoisotopic (exact) mass is 337 g/mol. The number of ketones is 1. The zero-order valence-electron chi connectivity index (χ0n) is 15.7. The summed E-state index contributed by atoms with van der Waals surface area (Å²) in [6, 6.07) is 5.16. The van der Waals surface area contributed by atoms with Gasteiger partial charge in [-0.25, -0.2) is 0 Å². The first kappa shape index (κ1) is 20.5. The summed E-state index contributed by atoms with van der Waals surface area (Å²) in [6.45, 7) is 10.6. The smallest absolute Gasteiger partial charge is 0.166 e. The highest BCUT2D eigenvalue weighted by Gasteiger charge is 2.17. The summed E-state index contributed by atoms with van der Waals surface area (Å²) in [6.07, 6.45) is -0.208. The van der Waals surface area contributed by atoms with Gasteiger partial charge in [0.2, 0.25) is 0 Å². The number of aliphatic hydroxyl groups excluding tert-OH is 1. The van der Waals surface area contributed by atoms with Crippen molar-refractivity contribution in [3.05, 3.63) is 23.8 Å². The molecular formula is C19H31NO4. The van der Waals surface area contributed by atoms with E-state index in [-0.39, 0.29) is 23.8 Å². The Morgan fingerprint density at radius 2 is 1.96 bits per heavy atom. The largest absolute Gasteiger partial charge is 0.497 e. The molecule has 0 aromatic heterocycles. The Bertz CT molecular complexity index is 535. The highest BCUT2D eigenvalue weighted by atomic mass is 16.5. The maximum atomic E-state index is 12.4. The van der Waals surface area contributed by atoms with Crippen molar-refractivity contribution in [1.29, 1.82) is 0 Å². The molecule has 0 saturated carbocycles. The lowest BCUT2D eigenvalue weighted by atomic mass is 10.0. The molecule has 1 aromatic rings. The summed E-state index contributed by atoms with van der Waals surface area (Å²) < 4.78 is 10.9. The number of hydrogen-bond donors (Lipinski definition) is 2. The van der Waals surface area contributed by atoms with E-state index >= 15 is 0 Å². The zero-order chi connectivity index (χ0) is 18.3. The predicted octanol–water partition coefficient (Wildman–Crippen LogP) is 3.05. The minimum atomic E-state index is -0.663. The van der Waals surface area contributed by atoms with E-state index in [9.17, 15) is 9.90 Å². The van der Waals surface area contributed by atoms with E-state index in [0.29, 0.717) is 30.0 Å². The van der Waals surface area contributed by atoms with Crippen LogP contribution in [-0.4, -0.2) is 42.8 Å². The van der Waals surface area contributed by atoms with Gasteiger partial charge in [-0.2, -0.15) is 0 Å². The lowest BCUT2D eigenvalue weighted by Crippen LogP contribution is -2.42. The fourth-order valence-corrected chi connectivity index (χ4v) is 2.13. The molecule has 24 heavy (non-hydrogen) atoms. The van der Waals surface area contributed by atoms with Crippen molar-refractivity contribution >= 4 is 5.78 Å². The number of carbonyl (C=O) groups excluding carboxylic acids is 1. The van der Waals surface area contributed by atoms with E-state index in [4.69, 9.17) is 9.47 Å². The number of methoxy groups -OCH3 is 1. The van der Waals surface area contributed by atoms with Gasteiger partial charge in [-0.1, -0.05) is 13.8 Å². The summed E-state index contributed by atoms with van der Waals surface area (Å²) >= 11 is 0. The molecule has 0 radical (unpaired) electrons. The fraction of sp³-hybridized carbons (Fsp3) is 0.632. The number of rotatable bonds is 9. The molecule has 1 unspecified atom stereocenters.